The van der Waals surface area contributed by atoms with Crippen molar-refractivity contribution in [1.29, 1.82) is 0 Å². The van der Waals surface area contributed by atoms with Gasteiger partial charge in [0.1, 0.15) is 11.6 Å². The van der Waals surface area contributed by atoms with Crippen LogP contribution < -0.4 is 10.9 Å². The van der Waals surface area contributed by atoms with Crippen LogP contribution in [0.25, 0.3) is 0 Å². The maximum atomic E-state index is 13.2. The molecule has 1 aliphatic heterocycles. The number of allylic oxidation sites excluding steroid dienone is 2. The fourth-order valence-corrected chi connectivity index (χ4v) is 5.02. The first-order chi connectivity index (χ1) is 13.1. The lowest BCUT2D eigenvalue weighted by Crippen LogP contribution is -2.31. The van der Waals surface area contributed by atoms with Crippen LogP contribution in [-0.4, -0.2) is 21.1 Å². The van der Waals surface area contributed by atoms with Gasteiger partial charge in [-0.1, -0.05) is 24.3 Å². The number of fused-ring (bicyclic) bond motifs is 1. The standard InChI is InChI=1S/C20H17N3O3S/c24-13-5-2-1-4-11(13)16-17-12(21-19-18(16)20(26)23-22-19)8-10(9-14(17)25)15-6-3-7-27-15/h1-7,10,16,24H,8-9H2,(H3,21,22,23,26)/t10-,16+/m1/s1. The number of benzene rings is 1. The number of nitrogens with one attached hydrogen (secondary N) is 3. The number of rotatable bonds is 2. The maximum absolute atomic E-state index is 13.2. The average Bonchev–Trinajstić information content (AvgIpc) is 3.31. The van der Waals surface area contributed by atoms with Gasteiger partial charge in [-0.25, -0.2) is 0 Å². The smallest absolute Gasteiger partial charge is 0.270 e. The monoisotopic (exact) mass is 379 g/mol. The molecule has 0 spiro atoms. The van der Waals surface area contributed by atoms with Crippen molar-refractivity contribution in [3.63, 3.8) is 0 Å². The number of hydrogen-bond donors (Lipinski definition) is 4. The van der Waals surface area contributed by atoms with Gasteiger partial charge in [-0.15, -0.1) is 11.3 Å². The molecule has 0 saturated carbocycles. The third-order valence-corrected chi connectivity index (χ3v) is 6.40. The van der Waals surface area contributed by atoms with Crippen LogP contribution in [0.3, 0.4) is 0 Å². The van der Waals surface area contributed by atoms with Crippen molar-refractivity contribution in [2.45, 2.75) is 24.7 Å². The summed E-state index contributed by atoms with van der Waals surface area (Å²) in [5.41, 5.74) is 2.13. The van der Waals surface area contributed by atoms with Crippen molar-refractivity contribution < 1.29 is 9.90 Å². The van der Waals surface area contributed by atoms with Gasteiger partial charge in [-0.3, -0.25) is 19.8 Å². The van der Waals surface area contributed by atoms with Crippen LogP contribution in [0.15, 0.2) is 57.8 Å². The van der Waals surface area contributed by atoms with E-state index in [1.165, 1.54) is 4.88 Å². The quantitative estimate of drug-likeness (QED) is 0.548. The number of ketones is 1. The van der Waals surface area contributed by atoms with Crippen molar-refractivity contribution in [1.82, 2.24) is 10.2 Å². The average molecular weight is 379 g/mol. The Morgan fingerprint density at radius 2 is 1.89 bits per heavy atom. The molecule has 3 aromatic rings. The highest BCUT2D eigenvalue weighted by Gasteiger charge is 2.41. The van der Waals surface area contributed by atoms with Gasteiger partial charge in [0, 0.05) is 34.0 Å². The molecule has 27 heavy (non-hydrogen) atoms. The fourth-order valence-electron chi connectivity index (χ4n) is 4.19. The van der Waals surface area contributed by atoms with Crippen LogP contribution in [0.1, 0.15) is 40.7 Å². The lowest BCUT2D eigenvalue weighted by Gasteiger charge is -2.34. The van der Waals surface area contributed by atoms with Crippen LogP contribution >= 0.6 is 11.3 Å². The second kappa shape index (κ2) is 5.99. The highest BCUT2D eigenvalue weighted by atomic mass is 32.1. The Morgan fingerprint density at radius 1 is 1.04 bits per heavy atom. The van der Waals surface area contributed by atoms with E-state index in [-0.39, 0.29) is 23.0 Å². The number of carbonyl (C=O) groups excluding carboxylic acids is 1. The third-order valence-electron chi connectivity index (χ3n) is 5.37. The van der Waals surface area contributed by atoms with Gasteiger partial charge in [0.2, 0.25) is 0 Å². The lowest BCUT2D eigenvalue weighted by atomic mass is 9.73. The molecule has 7 heteroatoms. The van der Waals surface area contributed by atoms with Crippen LogP contribution in [-0.2, 0) is 4.79 Å². The van der Waals surface area contributed by atoms with Gasteiger partial charge < -0.3 is 10.4 Å². The Labute approximate surface area is 158 Å². The summed E-state index contributed by atoms with van der Waals surface area (Å²) in [5.74, 6) is 0.203. The molecule has 3 heterocycles. The second-order valence-electron chi connectivity index (χ2n) is 6.92. The molecule has 1 aliphatic carbocycles. The van der Waals surface area contributed by atoms with E-state index < -0.39 is 5.92 Å². The predicted octanol–water partition coefficient (Wildman–Crippen LogP) is 3.43. The zero-order chi connectivity index (χ0) is 18.5. The SMILES string of the molecule is O=C1C[C@H](c2cccs2)CC2=C1[C@H](c1ccccc1O)c1c([nH][nH]c1=O)N2. The summed E-state index contributed by atoms with van der Waals surface area (Å²) in [5, 5.41) is 21.2. The maximum Gasteiger partial charge on any atom is 0.270 e. The number of hydrogen-bond acceptors (Lipinski definition) is 5. The molecule has 0 radical (unpaired) electrons. The highest BCUT2D eigenvalue weighted by Crippen LogP contribution is 2.48. The number of thiophene rings is 1. The predicted molar refractivity (Wildman–Crippen MR) is 103 cm³/mol. The summed E-state index contributed by atoms with van der Waals surface area (Å²) < 4.78 is 0. The molecule has 0 bridgehead atoms. The second-order valence-corrected chi connectivity index (χ2v) is 7.90. The molecule has 0 unspecified atom stereocenters. The molecule has 136 valence electrons. The third kappa shape index (κ3) is 2.46. The number of H-pyrrole nitrogens is 2. The van der Waals surface area contributed by atoms with Gasteiger partial charge in [0.25, 0.3) is 5.56 Å². The molecule has 1 aromatic carbocycles. The summed E-state index contributed by atoms with van der Waals surface area (Å²) in [6, 6.07) is 10.9. The molecule has 2 atom stereocenters. The molecule has 6 nitrogen and oxygen atoms in total. The number of phenols is 1. The molecule has 4 N–H and O–H groups in total. The zero-order valence-corrected chi connectivity index (χ0v) is 15.1. The molecule has 0 fully saturated rings. The summed E-state index contributed by atoms with van der Waals surface area (Å²) >= 11 is 1.65. The molecule has 0 amide bonds. The van der Waals surface area contributed by atoms with E-state index >= 15 is 0 Å². The van der Waals surface area contributed by atoms with Crippen molar-refractivity contribution in [2.24, 2.45) is 0 Å². The van der Waals surface area contributed by atoms with Gasteiger partial charge in [0.05, 0.1) is 11.5 Å². The van der Waals surface area contributed by atoms with E-state index in [1.54, 1.807) is 35.6 Å². The minimum Gasteiger partial charge on any atom is -0.508 e. The number of carbonyl (C=O) groups is 1. The van der Waals surface area contributed by atoms with Gasteiger partial charge >= 0.3 is 0 Å². The van der Waals surface area contributed by atoms with Gasteiger partial charge in [-0.05, 0) is 23.9 Å². The molecule has 0 saturated heterocycles. The first-order valence-electron chi connectivity index (χ1n) is 8.78. The summed E-state index contributed by atoms with van der Waals surface area (Å²) in [6.45, 7) is 0. The Morgan fingerprint density at radius 3 is 2.67 bits per heavy atom. The number of aromatic hydroxyl groups is 1. The number of anilines is 1. The van der Waals surface area contributed by atoms with Crippen molar-refractivity contribution in [2.75, 3.05) is 5.32 Å². The molecular weight excluding hydrogens is 362 g/mol. The largest absolute Gasteiger partial charge is 0.508 e. The highest BCUT2D eigenvalue weighted by molar-refractivity contribution is 7.10. The van der Waals surface area contributed by atoms with E-state index in [4.69, 9.17) is 0 Å². The van der Waals surface area contributed by atoms with Crippen LogP contribution in [0, 0.1) is 0 Å². The molecule has 5 rings (SSSR count). The number of Topliss-reactive ketones (excluding diaryl/α,β-unsaturated/α-hetero) is 1. The molecule has 2 aliphatic rings. The lowest BCUT2D eigenvalue weighted by molar-refractivity contribution is -0.116. The number of aromatic nitrogens is 2. The Balaban J connectivity index is 1.68. The number of para-hydroxylation sites is 1. The topological polar surface area (TPSA) is 98.0 Å². The molecular formula is C20H17N3O3S. The van der Waals surface area contributed by atoms with Crippen LogP contribution in [0.5, 0.6) is 5.75 Å². The fraction of sp³-hybridized carbons (Fsp3) is 0.200. The van der Waals surface area contributed by atoms with E-state index in [9.17, 15) is 14.7 Å². The number of phenolic OH excluding ortho intramolecular Hbond substituents is 1. The minimum absolute atomic E-state index is 0.0154. The Hall–Kier alpha value is -3.06. The van der Waals surface area contributed by atoms with E-state index in [0.29, 0.717) is 35.4 Å². The summed E-state index contributed by atoms with van der Waals surface area (Å²) in [6.07, 6.45) is 1.10. The van der Waals surface area contributed by atoms with E-state index in [2.05, 4.69) is 21.6 Å². The van der Waals surface area contributed by atoms with Crippen molar-refractivity contribution in [3.8, 4) is 5.75 Å². The van der Waals surface area contributed by atoms with E-state index in [1.807, 2.05) is 11.4 Å². The summed E-state index contributed by atoms with van der Waals surface area (Å²) in [4.78, 5) is 26.8. The molecule has 2 aromatic heterocycles. The van der Waals surface area contributed by atoms with Gasteiger partial charge in [0.15, 0.2) is 5.78 Å². The van der Waals surface area contributed by atoms with Crippen molar-refractivity contribution >= 4 is 22.9 Å². The zero-order valence-electron chi connectivity index (χ0n) is 14.3. The van der Waals surface area contributed by atoms with Crippen LogP contribution in [0.4, 0.5) is 5.82 Å². The van der Waals surface area contributed by atoms with Crippen molar-refractivity contribution in [3.05, 3.63) is 79.4 Å². The van der Waals surface area contributed by atoms with Gasteiger partial charge in [-0.2, -0.15) is 0 Å². The van der Waals surface area contributed by atoms with Crippen LogP contribution in [0.2, 0.25) is 0 Å². The normalized spacial score (nSPS) is 21.6. The summed E-state index contributed by atoms with van der Waals surface area (Å²) in [7, 11) is 0. The Bertz CT molecular complexity index is 1120. The Kier molecular flexibility index (Phi) is 3.58. The first kappa shape index (κ1) is 16.1. The minimum atomic E-state index is -0.579. The van der Waals surface area contributed by atoms with E-state index in [0.717, 1.165) is 5.70 Å². The first-order valence-corrected chi connectivity index (χ1v) is 9.66. The number of aromatic amines is 2.